The van der Waals surface area contributed by atoms with Gasteiger partial charge in [0.2, 0.25) is 11.7 Å². The highest BCUT2D eigenvalue weighted by atomic mass is 35.5. The Kier molecular flexibility index (Phi) is 6.12. The van der Waals surface area contributed by atoms with E-state index in [1.54, 1.807) is 6.92 Å². The number of carbonyl (C=O) groups is 2. The summed E-state index contributed by atoms with van der Waals surface area (Å²) in [5.74, 6) is 0.209. The van der Waals surface area contributed by atoms with Crippen molar-refractivity contribution in [2.24, 2.45) is 0 Å². The number of nitrogens with zero attached hydrogens (tertiary/aromatic N) is 2. The number of nitrogens with one attached hydrogen (secondary N) is 2. The molecule has 0 unspecified atom stereocenters. The van der Waals surface area contributed by atoms with E-state index >= 15 is 0 Å². The predicted octanol–water partition coefficient (Wildman–Crippen LogP) is 2.38. The summed E-state index contributed by atoms with van der Waals surface area (Å²) in [5.41, 5.74) is 0.772. The Hall–Kier alpha value is -1.93. The SMILES string of the molecule is CCOC(=O)c1sc2nc(Cl)nc(NCCCNC=O)c2c1C. The van der Waals surface area contributed by atoms with Crippen LogP contribution in [0.3, 0.4) is 0 Å². The number of thiophene rings is 1. The molecule has 1 amide bonds. The Morgan fingerprint density at radius 3 is 2.87 bits per heavy atom. The van der Waals surface area contributed by atoms with Crippen LogP contribution in [0.4, 0.5) is 5.82 Å². The van der Waals surface area contributed by atoms with Gasteiger partial charge in [-0.2, -0.15) is 0 Å². The number of carbonyl (C=O) groups excluding carboxylic acids is 2. The van der Waals surface area contributed by atoms with Crippen LogP contribution in [0.1, 0.15) is 28.6 Å². The van der Waals surface area contributed by atoms with E-state index in [0.717, 1.165) is 17.4 Å². The topological polar surface area (TPSA) is 93.2 Å². The number of hydrogen-bond acceptors (Lipinski definition) is 7. The lowest BCUT2D eigenvalue weighted by Gasteiger charge is -2.07. The lowest BCUT2D eigenvalue weighted by Crippen LogP contribution is -2.16. The van der Waals surface area contributed by atoms with Crippen molar-refractivity contribution in [1.82, 2.24) is 15.3 Å². The highest BCUT2D eigenvalue weighted by Gasteiger charge is 2.21. The fourth-order valence-electron chi connectivity index (χ4n) is 2.09. The second-order valence-electron chi connectivity index (χ2n) is 4.65. The van der Waals surface area contributed by atoms with Crippen molar-refractivity contribution >= 4 is 51.4 Å². The maximum atomic E-state index is 12.0. The fraction of sp³-hybridized carbons (Fsp3) is 0.429. The van der Waals surface area contributed by atoms with Crippen LogP contribution in [0, 0.1) is 6.92 Å². The Morgan fingerprint density at radius 2 is 2.17 bits per heavy atom. The highest BCUT2D eigenvalue weighted by Crippen LogP contribution is 2.35. The molecule has 2 aromatic heterocycles. The zero-order valence-corrected chi connectivity index (χ0v) is 14.4. The van der Waals surface area contributed by atoms with E-state index in [-0.39, 0.29) is 11.3 Å². The summed E-state index contributed by atoms with van der Waals surface area (Å²) in [6.07, 6.45) is 1.39. The molecule has 9 heteroatoms. The quantitative estimate of drug-likeness (QED) is 0.326. The number of aryl methyl sites for hydroxylation is 1. The van der Waals surface area contributed by atoms with Gasteiger partial charge in [-0.15, -0.1) is 11.3 Å². The molecule has 23 heavy (non-hydrogen) atoms. The largest absolute Gasteiger partial charge is 0.462 e. The van der Waals surface area contributed by atoms with Crippen LogP contribution in [0.2, 0.25) is 5.28 Å². The van der Waals surface area contributed by atoms with Crippen LogP contribution in [0.15, 0.2) is 0 Å². The number of esters is 1. The Morgan fingerprint density at radius 1 is 1.39 bits per heavy atom. The highest BCUT2D eigenvalue weighted by molar-refractivity contribution is 7.20. The molecule has 2 heterocycles. The molecule has 0 radical (unpaired) electrons. The number of fused-ring (bicyclic) bond motifs is 1. The van der Waals surface area contributed by atoms with E-state index in [4.69, 9.17) is 16.3 Å². The standard InChI is InChI=1S/C14H17ClN4O3S/c1-3-22-13(21)10-8(2)9-11(17-6-4-5-16-7-20)18-14(15)19-12(9)23-10/h7H,3-6H2,1-2H3,(H,16,20)(H,17,18,19). The molecular formula is C14H17ClN4O3S. The summed E-state index contributed by atoms with van der Waals surface area (Å²) < 4.78 is 5.06. The van der Waals surface area contributed by atoms with E-state index in [1.807, 2.05) is 6.92 Å². The minimum absolute atomic E-state index is 0.114. The van der Waals surface area contributed by atoms with Gasteiger partial charge in [0.05, 0.1) is 12.0 Å². The van der Waals surface area contributed by atoms with Crippen molar-refractivity contribution in [2.45, 2.75) is 20.3 Å². The van der Waals surface area contributed by atoms with Crippen LogP contribution in [-0.4, -0.2) is 42.0 Å². The number of aromatic nitrogens is 2. The van der Waals surface area contributed by atoms with E-state index in [1.165, 1.54) is 11.3 Å². The van der Waals surface area contributed by atoms with Crippen molar-refractivity contribution in [2.75, 3.05) is 25.0 Å². The fourth-order valence-corrected chi connectivity index (χ4v) is 3.38. The summed E-state index contributed by atoms with van der Waals surface area (Å²) in [4.78, 5) is 31.8. The van der Waals surface area contributed by atoms with Gasteiger partial charge in [-0.3, -0.25) is 4.79 Å². The molecule has 124 valence electrons. The smallest absolute Gasteiger partial charge is 0.348 e. The maximum Gasteiger partial charge on any atom is 0.348 e. The first-order valence-electron chi connectivity index (χ1n) is 7.13. The lowest BCUT2D eigenvalue weighted by atomic mass is 10.2. The zero-order valence-electron chi connectivity index (χ0n) is 12.8. The van der Waals surface area contributed by atoms with Crippen LogP contribution in [0.5, 0.6) is 0 Å². The van der Waals surface area contributed by atoms with Gasteiger partial charge < -0.3 is 15.4 Å². The van der Waals surface area contributed by atoms with Crippen molar-refractivity contribution in [3.05, 3.63) is 15.7 Å². The van der Waals surface area contributed by atoms with Gasteiger partial charge in [0.25, 0.3) is 0 Å². The van der Waals surface area contributed by atoms with Gasteiger partial charge in [-0.05, 0) is 37.4 Å². The average molecular weight is 357 g/mol. The molecule has 0 saturated carbocycles. The first-order chi connectivity index (χ1) is 11.1. The first kappa shape index (κ1) is 17.4. The summed E-state index contributed by atoms with van der Waals surface area (Å²) in [6.45, 7) is 5.08. The van der Waals surface area contributed by atoms with Gasteiger partial charge in [-0.25, -0.2) is 14.8 Å². The van der Waals surface area contributed by atoms with Gasteiger partial charge in [0, 0.05) is 13.1 Å². The van der Waals surface area contributed by atoms with E-state index < -0.39 is 0 Å². The van der Waals surface area contributed by atoms with E-state index in [9.17, 15) is 9.59 Å². The minimum Gasteiger partial charge on any atom is -0.462 e. The average Bonchev–Trinajstić information content (AvgIpc) is 2.84. The molecular weight excluding hydrogens is 340 g/mol. The van der Waals surface area contributed by atoms with Gasteiger partial charge >= 0.3 is 5.97 Å². The van der Waals surface area contributed by atoms with Crippen molar-refractivity contribution in [3.63, 3.8) is 0 Å². The summed E-state index contributed by atoms with van der Waals surface area (Å²) >= 11 is 7.20. The van der Waals surface area contributed by atoms with Gasteiger partial charge in [0.1, 0.15) is 15.5 Å². The third-order valence-electron chi connectivity index (χ3n) is 3.10. The maximum absolute atomic E-state index is 12.0. The Labute approximate surface area is 142 Å². The normalized spacial score (nSPS) is 10.6. The molecule has 0 spiro atoms. The van der Waals surface area contributed by atoms with Crippen molar-refractivity contribution in [1.29, 1.82) is 0 Å². The third kappa shape index (κ3) is 4.08. The van der Waals surface area contributed by atoms with Crippen LogP contribution < -0.4 is 10.6 Å². The molecule has 0 bridgehead atoms. The number of ether oxygens (including phenoxy) is 1. The van der Waals surface area contributed by atoms with Gasteiger partial charge in [0.15, 0.2) is 0 Å². The molecule has 2 rings (SSSR count). The molecule has 0 aliphatic heterocycles. The molecule has 2 aromatic rings. The van der Waals surface area contributed by atoms with Crippen LogP contribution >= 0.6 is 22.9 Å². The molecule has 0 aliphatic rings. The number of amides is 1. The predicted molar refractivity (Wildman–Crippen MR) is 90.3 cm³/mol. The number of rotatable bonds is 8. The second-order valence-corrected chi connectivity index (χ2v) is 5.99. The molecule has 0 saturated heterocycles. The minimum atomic E-state index is -0.370. The second kappa shape index (κ2) is 8.07. The Bertz CT molecular complexity index is 720. The molecule has 2 N–H and O–H groups in total. The molecule has 7 nitrogen and oxygen atoms in total. The van der Waals surface area contributed by atoms with E-state index in [0.29, 0.717) is 41.6 Å². The first-order valence-corrected chi connectivity index (χ1v) is 8.32. The lowest BCUT2D eigenvalue weighted by molar-refractivity contribution is -0.109. The molecule has 0 aliphatic carbocycles. The van der Waals surface area contributed by atoms with Crippen molar-refractivity contribution < 1.29 is 14.3 Å². The molecule has 0 atom stereocenters. The number of hydrogen-bond donors (Lipinski definition) is 2. The Balaban J connectivity index is 2.29. The van der Waals surface area contributed by atoms with Crippen molar-refractivity contribution in [3.8, 4) is 0 Å². The van der Waals surface area contributed by atoms with E-state index in [2.05, 4.69) is 20.6 Å². The summed E-state index contributed by atoms with van der Waals surface area (Å²) in [6, 6.07) is 0. The number of halogens is 1. The molecule has 0 fully saturated rings. The summed E-state index contributed by atoms with van der Waals surface area (Å²) in [7, 11) is 0. The van der Waals surface area contributed by atoms with Gasteiger partial charge in [-0.1, -0.05) is 0 Å². The number of anilines is 1. The monoisotopic (exact) mass is 356 g/mol. The molecule has 0 aromatic carbocycles. The van der Waals surface area contributed by atoms with Crippen LogP contribution in [0.25, 0.3) is 10.2 Å². The zero-order chi connectivity index (χ0) is 16.8. The summed E-state index contributed by atoms with van der Waals surface area (Å²) in [5, 5.41) is 6.65. The third-order valence-corrected chi connectivity index (χ3v) is 4.43. The van der Waals surface area contributed by atoms with Crippen LogP contribution in [-0.2, 0) is 9.53 Å².